The lowest BCUT2D eigenvalue weighted by atomic mass is 9.69. The van der Waals surface area contributed by atoms with Crippen LogP contribution in [0.25, 0.3) is 0 Å². The van der Waals surface area contributed by atoms with Crippen molar-refractivity contribution in [3.05, 3.63) is 124 Å². The molecule has 288 valence electrons. The van der Waals surface area contributed by atoms with Crippen molar-refractivity contribution in [2.24, 2.45) is 5.92 Å². The number of nitrogens with one attached hydrogen (secondary N) is 2. The minimum Gasteiger partial charge on any atom is -0.508 e. The molecule has 4 aromatic carbocycles. The third-order valence-corrected chi connectivity index (χ3v) is 12.9. The number of phenolic OH excluding ortho intramolecular Hbond substituents is 1. The average molecular weight is 752 g/mol. The molecule has 0 saturated carbocycles. The largest absolute Gasteiger partial charge is 0.508 e. The zero-order valence-corrected chi connectivity index (χ0v) is 31.7. The first-order chi connectivity index (χ1) is 27.3. The van der Waals surface area contributed by atoms with Gasteiger partial charge in [0.15, 0.2) is 0 Å². The third kappa shape index (κ3) is 7.07. The smallest absolute Gasteiger partial charge is 0.262 e. The van der Waals surface area contributed by atoms with Crippen LogP contribution in [-0.2, 0) is 16.0 Å². The number of carbonyl (C=O) groups is 4. The topological polar surface area (TPSA) is 122 Å². The van der Waals surface area contributed by atoms with E-state index in [2.05, 4.69) is 81.1 Å². The fourth-order valence-electron chi connectivity index (χ4n) is 10.0. The SMILES string of the molecule is O=C1CCC(N2C(=O)c3ccc(N[C@H]4CCCN(CC5CCN(c6ccc([C@@H]7c8ccc(O)cc8CC[C@@H]7c7ccccc7)cc6)CC5)C4)cc3C2=O)C(=O)N1. The van der Waals surface area contributed by atoms with Crippen LogP contribution in [0.2, 0.25) is 0 Å². The van der Waals surface area contributed by atoms with Crippen molar-refractivity contribution < 1.29 is 24.3 Å². The number of anilines is 2. The number of benzene rings is 4. The van der Waals surface area contributed by atoms with Gasteiger partial charge in [-0.1, -0.05) is 48.5 Å². The van der Waals surface area contributed by atoms with Crippen molar-refractivity contribution in [2.75, 3.05) is 42.9 Å². The van der Waals surface area contributed by atoms with Gasteiger partial charge in [0.2, 0.25) is 11.8 Å². The number of amides is 4. The summed E-state index contributed by atoms with van der Waals surface area (Å²) in [6.07, 6.45) is 6.68. The fourth-order valence-corrected chi connectivity index (χ4v) is 10.0. The summed E-state index contributed by atoms with van der Waals surface area (Å²) < 4.78 is 0. The molecule has 10 nitrogen and oxygen atoms in total. The first-order valence-electron chi connectivity index (χ1n) is 20.3. The quantitative estimate of drug-likeness (QED) is 0.176. The van der Waals surface area contributed by atoms with Gasteiger partial charge in [-0.25, -0.2) is 0 Å². The van der Waals surface area contributed by atoms with Crippen molar-refractivity contribution in [2.45, 2.75) is 75.3 Å². The minimum absolute atomic E-state index is 0.0999. The van der Waals surface area contributed by atoms with Crippen LogP contribution in [0.4, 0.5) is 11.4 Å². The molecule has 0 spiro atoms. The number of rotatable bonds is 8. The standard InChI is InChI=1S/C46H49N5O5/c52-36-14-17-38-32(25-36)10-15-37(30-5-2-1-3-6-30)43(38)31-8-12-35(13-9-31)50-23-20-29(21-24-50)27-49-22-4-7-34(28-49)47-33-11-16-39-40(26-33)46(56)51(45(39)55)41-18-19-42(53)48-44(41)54/h1-3,5-6,8-9,11-14,16-17,25-26,29,34,37,41,43,47,52H,4,7,10,15,18-24,27-28H2,(H,48,53,54)/t34-,37+,41?,43-/m0/s1. The molecule has 3 fully saturated rings. The van der Waals surface area contributed by atoms with Crippen LogP contribution in [0.3, 0.4) is 0 Å². The third-order valence-electron chi connectivity index (χ3n) is 12.9. The van der Waals surface area contributed by atoms with Crippen LogP contribution in [0, 0.1) is 5.92 Å². The number of carbonyl (C=O) groups excluding carboxylic acids is 4. The molecule has 4 heterocycles. The molecule has 4 aromatic rings. The van der Waals surface area contributed by atoms with E-state index in [0.29, 0.717) is 28.7 Å². The van der Waals surface area contributed by atoms with E-state index in [-0.39, 0.29) is 30.7 Å². The molecule has 0 aromatic heterocycles. The number of piperidine rings is 3. The number of likely N-dealkylation sites (tertiary alicyclic amines) is 1. The highest BCUT2D eigenvalue weighted by atomic mass is 16.3. The predicted molar refractivity (Wildman–Crippen MR) is 215 cm³/mol. The lowest BCUT2D eigenvalue weighted by molar-refractivity contribution is -0.136. The maximum Gasteiger partial charge on any atom is 0.262 e. The molecule has 3 saturated heterocycles. The van der Waals surface area contributed by atoms with Gasteiger partial charge in [0, 0.05) is 55.9 Å². The van der Waals surface area contributed by atoms with E-state index in [1.807, 2.05) is 18.2 Å². The highest BCUT2D eigenvalue weighted by Gasteiger charge is 2.45. The molecule has 3 N–H and O–H groups in total. The number of hydrogen-bond donors (Lipinski definition) is 3. The summed E-state index contributed by atoms with van der Waals surface area (Å²) in [4.78, 5) is 56.7. The molecule has 56 heavy (non-hydrogen) atoms. The van der Waals surface area contributed by atoms with E-state index in [4.69, 9.17) is 0 Å². The van der Waals surface area contributed by atoms with Crippen LogP contribution in [0.1, 0.15) is 99.8 Å². The summed E-state index contributed by atoms with van der Waals surface area (Å²) in [6.45, 7) is 5.14. The number of hydrogen-bond acceptors (Lipinski definition) is 8. The van der Waals surface area contributed by atoms with E-state index in [9.17, 15) is 24.3 Å². The van der Waals surface area contributed by atoms with E-state index >= 15 is 0 Å². The number of phenols is 1. The first kappa shape index (κ1) is 36.2. The summed E-state index contributed by atoms with van der Waals surface area (Å²) in [7, 11) is 0. The van der Waals surface area contributed by atoms with Crippen molar-refractivity contribution in [1.29, 1.82) is 0 Å². The number of imide groups is 2. The van der Waals surface area contributed by atoms with E-state index in [1.165, 1.54) is 27.9 Å². The van der Waals surface area contributed by atoms with Crippen LogP contribution >= 0.6 is 0 Å². The molecule has 4 aliphatic heterocycles. The Hall–Kier alpha value is -5.48. The molecule has 1 aliphatic carbocycles. The van der Waals surface area contributed by atoms with Crippen molar-refractivity contribution in [1.82, 2.24) is 15.1 Å². The highest BCUT2D eigenvalue weighted by Crippen LogP contribution is 2.47. The maximum atomic E-state index is 13.4. The lowest BCUT2D eigenvalue weighted by Crippen LogP contribution is -2.54. The van der Waals surface area contributed by atoms with Gasteiger partial charge in [-0.2, -0.15) is 0 Å². The molecular formula is C46H49N5O5. The monoisotopic (exact) mass is 751 g/mol. The molecule has 1 unspecified atom stereocenters. The summed E-state index contributed by atoms with van der Waals surface area (Å²) in [5, 5.41) is 16.1. The van der Waals surface area contributed by atoms with Crippen LogP contribution in [-0.4, -0.2) is 83.3 Å². The molecule has 4 atom stereocenters. The van der Waals surface area contributed by atoms with Gasteiger partial charge in [0.05, 0.1) is 11.1 Å². The minimum atomic E-state index is -0.966. The second-order valence-electron chi connectivity index (χ2n) is 16.4. The Morgan fingerprint density at radius 1 is 0.732 bits per heavy atom. The maximum absolute atomic E-state index is 13.4. The first-order valence-corrected chi connectivity index (χ1v) is 20.3. The van der Waals surface area contributed by atoms with Gasteiger partial charge >= 0.3 is 0 Å². The summed E-state index contributed by atoms with van der Waals surface area (Å²) >= 11 is 0. The molecule has 9 rings (SSSR count). The zero-order chi connectivity index (χ0) is 38.3. The zero-order valence-electron chi connectivity index (χ0n) is 31.7. The molecule has 4 amide bonds. The Balaban J connectivity index is 0.797. The van der Waals surface area contributed by atoms with Crippen LogP contribution in [0.15, 0.2) is 91.0 Å². The number of fused-ring (bicyclic) bond motifs is 2. The Kier molecular flexibility index (Phi) is 9.83. The Bertz CT molecular complexity index is 2150. The van der Waals surface area contributed by atoms with Crippen molar-refractivity contribution in [3.8, 4) is 5.75 Å². The molecular weight excluding hydrogens is 703 g/mol. The Morgan fingerprint density at radius 2 is 1.52 bits per heavy atom. The highest BCUT2D eigenvalue weighted by molar-refractivity contribution is 6.23. The summed E-state index contributed by atoms with van der Waals surface area (Å²) in [5.41, 5.74) is 7.95. The number of aromatic hydroxyl groups is 1. The lowest BCUT2D eigenvalue weighted by Gasteiger charge is -2.39. The van der Waals surface area contributed by atoms with Gasteiger partial charge in [0.1, 0.15) is 11.8 Å². The molecule has 5 aliphatic rings. The Morgan fingerprint density at radius 3 is 2.30 bits per heavy atom. The van der Waals surface area contributed by atoms with Gasteiger partial charge in [-0.3, -0.25) is 29.4 Å². The van der Waals surface area contributed by atoms with Crippen molar-refractivity contribution in [3.63, 3.8) is 0 Å². The number of aryl methyl sites for hydroxylation is 1. The van der Waals surface area contributed by atoms with Crippen LogP contribution in [0.5, 0.6) is 5.75 Å². The van der Waals surface area contributed by atoms with Crippen molar-refractivity contribution >= 4 is 35.0 Å². The Labute approximate surface area is 327 Å². The second-order valence-corrected chi connectivity index (χ2v) is 16.4. The van der Waals surface area contributed by atoms with Gasteiger partial charge in [-0.15, -0.1) is 0 Å². The van der Waals surface area contributed by atoms with E-state index in [0.717, 1.165) is 81.8 Å². The molecule has 0 bridgehead atoms. The van der Waals surface area contributed by atoms with Gasteiger partial charge < -0.3 is 20.2 Å². The van der Waals surface area contributed by atoms with Gasteiger partial charge in [-0.05, 0) is 128 Å². The second kappa shape index (κ2) is 15.2. The number of nitrogens with zero attached hydrogens (tertiary/aromatic N) is 3. The molecule has 10 heteroatoms. The van der Waals surface area contributed by atoms with E-state index in [1.54, 1.807) is 12.1 Å². The van der Waals surface area contributed by atoms with E-state index < -0.39 is 23.8 Å². The predicted octanol–water partition coefficient (Wildman–Crippen LogP) is 6.45. The van der Waals surface area contributed by atoms with Gasteiger partial charge in [0.25, 0.3) is 11.8 Å². The summed E-state index contributed by atoms with van der Waals surface area (Å²) in [5.74, 6) is -0.341. The summed E-state index contributed by atoms with van der Waals surface area (Å²) in [6, 6.07) is 30.6. The normalized spacial score (nSPS) is 24.5. The molecule has 0 radical (unpaired) electrons. The van der Waals surface area contributed by atoms with Crippen LogP contribution < -0.4 is 15.5 Å². The fraction of sp³-hybridized carbons (Fsp3) is 0.391. The average Bonchev–Trinajstić information content (AvgIpc) is 3.46.